The van der Waals surface area contributed by atoms with E-state index in [4.69, 9.17) is 14.2 Å². The van der Waals surface area contributed by atoms with Gasteiger partial charge in [-0.25, -0.2) is 9.59 Å². The van der Waals surface area contributed by atoms with Gasteiger partial charge >= 0.3 is 18.4 Å². The molecule has 4 saturated carbocycles. The molecule has 0 aromatic heterocycles. The highest BCUT2D eigenvalue weighted by molar-refractivity contribution is 5.69. The molecule has 3 aliphatic heterocycles. The van der Waals surface area contributed by atoms with Crippen LogP contribution >= 0.6 is 0 Å². The lowest BCUT2D eigenvalue weighted by atomic mass is 9.46. The molecule has 1 N–H and O–H groups in total. The maximum absolute atomic E-state index is 13.2. The lowest BCUT2D eigenvalue weighted by molar-refractivity contribution is -0.189. The van der Waals surface area contributed by atoms with Gasteiger partial charge in [0.15, 0.2) is 0 Å². The summed E-state index contributed by atoms with van der Waals surface area (Å²) in [4.78, 5) is 29.4. The molecule has 290 valence electrons. The fourth-order valence-corrected chi connectivity index (χ4v) is 12.5. The van der Waals surface area contributed by atoms with Crippen molar-refractivity contribution in [3.63, 3.8) is 0 Å². The molecule has 2 amide bonds. The molecule has 0 aromatic rings. The van der Waals surface area contributed by atoms with Gasteiger partial charge in [-0.15, -0.1) is 0 Å². The SMILES string of the molecule is CC(C)C(OC(=O)N1CCC1)C1CCC2CC3(C)CCCC45CCCC(OC(=O)N6CC(NCC(F)(F)F)C6)C(C)(C)C4CCC(C5)C3CC2O1. The van der Waals surface area contributed by atoms with Crippen molar-refractivity contribution in [2.24, 2.45) is 45.8 Å². The lowest BCUT2D eigenvalue weighted by Crippen LogP contribution is -2.61. The van der Waals surface area contributed by atoms with E-state index >= 15 is 0 Å². The Kier molecular flexibility index (Phi) is 10.4. The van der Waals surface area contributed by atoms with E-state index in [0.717, 1.165) is 58.0 Å². The number of ether oxygens (including phenoxy) is 3. The molecule has 7 rings (SSSR count). The Morgan fingerprint density at radius 1 is 0.882 bits per heavy atom. The maximum atomic E-state index is 13.2. The van der Waals surface area contributed by atoms with Crippen LogP contribution in [-0.4, -0.2) is 91.3 Å². The van der Waals surface area contributed by atoms with Gasteiger partial charge in [-0.1, -0.05) is 41.0 Å². The Hall–Kier alpha value is -1.75. The standard InChI is InChI=1S/C40H64F3N3O5/c1-25(2)34(51-35(47)45-17-8-18-45)30-12-10-27-20-38(5)14-7-16-39-15-6-9-33(50-36(48)46-22-28(23-46)44-24-40(41,42)43)37(3,4)32(39)13-11-26(21-39)29(38)19-31(27)49-30/h25-34,44H,6-24H2,1-5H3. The van der Waals surface area contributed by atoms with Crippen LogP contribution in [0.3, 0.4) is 0 Å². The van der Waals surface area contributed by atoms with Crippen molar-refractivity contribution >= 4 is 12.2 Å². The summed E-state index contributed by atoms with van der Waals surface area (Å²) >= 11 is 0. The van der Waals surface area contributed by atoms with Gasteiger partial charge in [0.05, 0.1) is 18.8 Å². The normalized spacial score (nSPS) is 40.2. The first-order valence-electron chi connectivity index (χ1n) is 20.4. The Morgan fingerprint density at radius 2 is 1.61 bits per heavy atom. The Balaban J connectivity index is 1.00. The molecule has 0 aromatic carbocycles. The number of carbonyl (C=O) groups is 2. The first-order valence-corrected chi connectivity index (χ1v) is 20.4. The van der Waals surface area contributed by atoms with E-state index in [-0.39, 0.29) is 72.5 Å². The summed E-state index contributed by atoms with van der Waals surface area (Å²) in [5, 5.41) is 2.51. The minimum absolute atomic E-state index is 0.0444. The second-order valence-corrected chi connectivity index (χ2v) is 19.2. The van der Waals surface area contributed by atoms with Crippen LogP contribution in [0.1, 0.15) is 125 Å². The molecular weight excluding hydrogens is 659 g/mol. The summed E-state index contributed by atoms with van der Waals surface area (Å²) in [6.45, 7) is 12.6. The third-order valence-electron chi connectivity index (χ3n) is 15.3. The third kappa shape index (κ3) is 7.51. The van der Waals surface area contributed by atoms with Crippen LogP contribution in [0.4, 0.5) is 22.8 Å². The van der Waals surface area contributed by atoms with Crippen LogP contribution in [0.25, 0.3) is 0 Å². The molecule has 2 bridgehead atoms. The van der Waals surface area contributed by atoms with E-state index in [9.17, 15) is 22.8 Å². The van der Waals surface area contributed by atoms with Crippen LogP contribution in [-0.2, 0) is 14.2 Å². The van der Waals surface area contributed by atoms with Gasteiger partial charge in [-0.05, 0) is 124 Å². The molecule has 0 radical (unpaired) electrons. The van der Waals surface area contributed by atoms with Crippen molar-refractivity contribution in [3.8, 4) is 0 Å². The minimum Gasteiger partial charge on any atom is -0.446 e. The summed E-state index contributed by atoms with van der Waals surface area (Å²) in [5.74, 6) is 2.50. The zero-order chi connectivity index (χ0) is 36.3. The van der Waals surface area contributed by atoms with Gasteiger partial charge in [0.25, 0.3) is 0 Å². The van der Waals surface area contributed by atoms with E-state index in [1.54, 1.807) is 9.80 Å². The second kappa shape index (κ2) is 14.2. The molecule has 3 saturated heterocycles. The maximum Gasteiger partial charge on any atom is 0.410 e. The number of hydrogen-bond acceptors (Lipinski definition) is 6. The van der Waals surface area contributed by atoms with Crippen molar-refractivity contribution in [2.75, 3.05) is 32.7 Å². The number of nitrogens with one attached hydrogen (secondary N) is 1. The van der Waals surface area contributed by atoms with E-state index in [1.807, 2.05) is 0 Å². The van der Waals surface area contributed by atoms with E-state index in [2.05, 4.69) is 39.9 Å². The quantitative estimate of drug-likeness (QED) is 0.296. The van der Waals surface area contributed by atoms with Crippen molar-refractivity contribution in [1.29, 1.82) is 0 Å². The van der Waals surface area contributed by atoms with E-state index in [0.29, 0.717) is 29.1 Å². The number of amides is 2. The Labute approximate surface area is 303 Å². The highest BCUT2D eigenvalue weighted by Crippen LogP contribution is 2.66. The first kappa shape index (κ1) is 37.6. The molecule has 11 heteroatoms. The topological polar surface area (TPSA) is 80.3 Å². The molecule has 8 nitrogen and oxygen atoms in total. The summed E-state index contributed by atoms with van der Waals surface area (Å²) < 4.78 is 57.4. The average Bonchev–Trinajstić information content (AvgIpc) is 3.09. The highest BCUT2D eigenvalue weighted by atomic mass is 19.4. The van der Waals surface area contributed by atoms with Gasteiger partial charge in [-0.2, -0.15) is 13.2 Å². The molecule has 10 atom stereocenters. The van der Waals surface area contributed by atoms with E-state index in [1.165, 1.54) is 44.9 Å². The average molecular weight is 724 g/mol. The zero-order valence-electron chi connectivity index (χ0n) is 31.8. The van der Waals surface area contributed by atoms with Gasteiger partial charge in [0, 0.05) is 37.6 Å². The van der Waals surface area contributed by atoms with Gasteiger partial charge in [-0.3, -0.25) is 0 Å². The molecule has 10 unspecified atom stereocenters. The van der Waals surface area contributed by atoms with Crippen LogP contribution in [0.5, 0.6) is 0 Å². The number of fused-ring (bicyclic) bond motifs is 4. The minimum atomic E-state index is -4.26. The van der Waals surface area contributed by atoms with Crippen LogP contribution in [0, 0.1) is 45.8 Å². The Morgan fingerprint density at radius 3 is 2.29 bits per heavy atom. The number of rotatable bonds is 6. The molecule has 7 aliphatic rings. The Bertz CT molecular complexity index is 1270. The number of likely N-dealkylation sites (tertiary alicyclic amines) is 2. The van der Waals surface area contributed by atoms with Crippen molar-refractivity contribution in [2.45, 2.75) is 161 Å². The summed E-state index contributed by atoms with van der Waals surface area (Å²) in [5.41, 5.74) is 0.369. The van der Waals surface area contributed by atoms with Gasteiger partial charge in [0.1, 0.15) is 12.2 Å². The molecular formula is C40H64F3N3O5. The number of alkyl halides is 3. The summed E-state index contributed by atoms with van der Waals surface area (Å²) in [7, 11) is 0. The number of halogens is 3. The second-order valence-electron chi connectivity index (χ2n) is 19.2. The van der Waals surface area contributed by atoms with Crippen molar-refractivity contribution < 1.29 is 37.0 Å². The van der Waals surface area contributed by atoms with E-state index < -0.39 is 12.7 Å². The summed E-state index contributed by atoms with van der Waals surface area (Å²) in [6.07, 6.45) is 10.8. The third-order valence-corrected chi connectivity index (χ3v) is 15.3. The van der Waals surface area contributed by atoms with Crippen molar-refractivity contribution in [1.82, 2.24) is 15.1 Å². The van der Waals surface area contributed by atoms with Gasteiger partial charge < -0.3 is 29.3 Å². The van der Waals surface area contributed by atoms with Gasteiger partial charge in [0.2, 0.25) is 0 Å². The predicted octanol–water partition coefficient (Wildman–Crippen LogP) is 8.57. The molecule has 7 fully saturated rings. The number of hydrogen-bond donors (Lipinski definition) is 1. The zero-order valence-corrected chi connectivity index (χ0v) is 31.8. The van der Waals surface area contributed by atoms with Crippen molar-refractivity contribution in [3.05, 3.63) is 0 Å². The fraction of sp³-hybridized carbons (Fsp3) is 0.950. The van der Waals surface area contributed by atoms with Crippen LogP contribution in [0.15, 0.2) is 0 Å². The lowest BCUT2D eigenvalue weighted by Gasteiger charge is -2.61. The van der Waals surface area contributed by atoms with Crippen LogP contribution < -0.4 is 5.32 Å². The number of carbonyl (C=O) groups excluding carboxylic acids is 2. The van der Waals surface area contributed by atoms with Crippen LogP contribution in [0.2, 0.25) is 0 Å². The highest BCUT2D eigenvalue weighted by Gasteiger charge is 2.59. The predicted molar refractivity (Wildman–Crippen MR) is 188 cm³/mol. The molecule has 1 spiro atoms. The fourth-order valence-electron chi connectivity index (χ4n) is 12.5. The summed E-state index contributed by atoms with van der Waals surface area (Å²) in [6, 6.07) is -0.343. The smallest absolute Gasteiger partial charge is 0.410 e. The molecule has 4 aliphatic carbocycles. The molecule has 3 heterocycles. The first-order chi connectivity index (χ1) is 24.1. The largest absolute Gasteiger partial charge is 0.446 e. The monoisotopic (exact) mass is 723 g/mol. The number of nitrogens with zero attached hydrogens (tertiary/aromatic N) is 2. The molecule has 51 heavy (non-hydrogen) atoms.